The molecule has 0 spiro atoms. The van der Waals surface area contributed by atoms with E-state index in [9.17, 15) is 4.79 Å². The molecule has 104 valence electrons. The molecule has 2 heteroatoms. The summed E-state index contributed by atoms with van der Waals surface area (Å²) in [6, 6.07) is 20.3. The average molecular weight is 275 g/mol. The van der Waals surface area contributed by atoms with Gasteiger partial charge in [0.1, 0.15) is 0 Å². The molecular formula is C19H17NO. The highest BCUT2D eigenvalue weighted by Gasteiger charge is 2.18. The second-order valence-electron chi connectivity index (χ2n) is 5.13. The van der Waals surface area contributed by atoms with Gasteiger partial charge in [0.15, 0.2) is 5.78 Å². The molecular weight excluding hydrogens is 258 g/mol. The minimum Gasteiger partial charge on any atom is -0.374 e. The zero-order valence-electron chi connectivity index (χ0n) is 11.9. The van der Waals surface area contributed by atoms with Crippen LogP contribution < -0.4 is 5.32 Å². The molecule has 0 aliphatic carbocycles. The predicted molar refractivity (Wildman–Crippen MR) is 85.5 cm³/mol. The summed E-state index contributed by atoms with van der Waals surface area (Å²) in [7, 11) is 0. The molecule has 1 aliphatic rings. The van der Waals surface area contributed by atoms with Gasteiger partial charge in [-0.25, -0.2) is 0 Å². The van der Waals surface area contributed by atoms with Crippen LogP contribution in [0.25, 0.3) is 5.70 Å². The molecule has 2 nitrogen and oxygen atoms in total. The summed E-state index contributed by atoms with van der Waals surface area (Å²) in [5.74, 6) is 0.0888. The quantitative estimate of drug-likeness (QED) is 0.920. The van der Waals surface area contributed by atoms with Crippen LogP contribution >= 0.6 is 0 Å². The fourth-order valence-corrected chi connectivity index (χ4v) is 2.48. The highest BCUT2D eigenvalue weighted by atomic mass is 16.1. The van der Waals surface area contributed by atoms with Gasteiger partial charge in [-0.05, 0) is 30.2 Å². The van der Waals surface area contributed by atoms with E-state index < -0.39 is 0 Å². The van der Waals surface area contributed by atoms with Gasteiger partial charge in [-0.1, -0.05) is 60.7 Å². The average Bonchev–Trinajstić information content (AvgIpc) is 2.56. The Hall–Kier alpha value is -2.61. The van der Waals surface area contributed by atoms with E-state index in [0.717, 1.165) is 22.4 Å². The van der Waals surface area contributed by atoms with E-state index in [4.69, 9.17) is 0 Å². The smallest absolute Gasteiger partial charge is 0.159 e. The van der Waals surface area contributed by atoms with Crippen LogP contribution in [0.1, 0.15) is 24.1 Å². The van der Waals surface area contributed by atoms with Crippen molar-refractivity contribution in [2.45, 2.75) is 13.0 Å². The van der Waals surface area contributed by atoms with Crippen LogP contribution in [-0.2, 0) is 4.79 Å². The number of ketones is 1. The Labute approximate surface area is 124 Å². The zero-order chi connectivity index (χ0) is 14.7. The molecule has 1 atom stereocenters. The van der Waals surface area contributed by atoms with Gasteiger partial charge in [0.2, 0.25) is 0 Å². The third-order valence-corrected chi connectivity index (χ3v) is 3.61. The lowest BCUT2D eigenvalue weighted by atomic mass is 9.95. The standard InChI is InChI=1S/C19H17NO/c1-14(21)17-12-18(15-8-4-2-5-9-15)20-19(13-17)16-10-6-3-7-11-16/h2-13,18,20H,1H3. The Morgan fingerprint density at radius 3 is 2.19 bits per heavy atom. The molecule has 0 aromatic heterocycles. The molecule has 3 rings (SSSR count). The highest BCUT2D eigenvalue weighted by Crippen LogP contribution is 2.27. The monoisotopic (exact) mass is 275 g/mol. The molecule has 21 heavy (non-hydrogen) atoms. The van der Waals surface area contributed by atoms with E-state index in [1.165, 1.54) is 0 Å². The molecule has 0 bridgehead atoms. The maximum Gasteiger partial charge on any atom is 0.159 e. The van der Waals surface area contributed by atoms with Gasteiger partial charge in [-0.15, -0.1) is 0 Å². The summed E-state index contributed by atoms with van der Waals surface area (Å²) in [4.78, 5) is 11.8. The first-order chi connectivity index (χ1) is 10.2. The Morgan fingerprint density at radius 2 is 1.57 bits per heavy atom. The summed E-state index contributed by atoms with van der Waals surface area (Å²) in [6.45, 7) is 1.61. The lowest BCUT2D eigenvalue weighted by Crippen LogP contribution is -2.23. The van der Waals surface area contributed by atoms with Crippen molar-refractivity contribution < 1.29 is 4.79 Å². The second-order valence-corrected chi connectivity index (χ2v) is 5.13. The van der Waals surface area contributed by atoms with Crippen molar-refractivity contribution in [2.75, 3.05) is 0 Å². The first kappa shape index (κ1) is 13.4. The summed E-state index contributed by atoms with van der Waals surface area (Å²) in [5, 5.41) is 3.50. The number of carbonyl (C=O) groups excluding carboxylic acids is 1. The summed E-state index contributed by atoms with van der Waals surface area (Å²) < 4.78 is 0. The Bertz CT molecular complexity index is 699. The molecule has 0 saturated carbocycles. The zero-order valence-corrected chi connectivity index (χ0v) is 11.9. The SMILES string of the molecule is CC(=O)C1=CC(c2ccccc2)NC(c2ccccc2)=C1. The van der Waals surface area contributed by atoms with E-state index in [1.54, 1.807) is 6.92 Å². The van der Waals surface area contributed by atoms with Crippen LogP contribution in [0.4, 0.5) is 0 Å². The van der Waals surface area contributed by atoms with Crippen molar-refractivity contribution in [2.24, 2.45) is 0 Å². The summed E-state index contributed by atoms with van der Waals surface area (Å²) >= 11 is 0. The third-order valence-electron chi connectivity index (χ3n) is 3.61. The fourth-order valence-electron chi connectivity index (χ4n) is 2.48. The van der Waals surface area contributed by atoms with Gasteiger partial charge in [0.05, 0.1) is 6.04 Å². The number of allylic oxidation sites excluding steroid dienone is 2. The van der Waals surface area contributed by atoms with E-state index in [1.807, 2.05) is 60.7 Å². The van der Waals surface area contributed by atoms with Gasteiger partial charge in [0.25, 0.3) is 0 Å². The number of nitrogens with one attached hydrogen (secondary N) is 1. The number of Topliss-reactive ketones (excluding diaryl/α,β-unsaturated/α-hetero) is 1. The topological polar surface area (TPSA) is 29.1 Å². The van der Waals surface area contributed by atoms with Crippen LogP contribution in [0.15, 0.2) is 78.4 Å². The van der Waals surface area contributed by atoms with E-state index >= 15 is 0 Å². The second kappa shape index (κ2) is 5.80. The van der Waals surface area contributed by atoms with E-state index in [-0.39, 0.29) is 11.8 Å². The number of hydrogen-bond acceptors (Lipinski definition) is 2. The van der Waals surface area contributed by atoms with Crippen molar-refractivity contribution in [1.82, 2.24) is 5.32 Å². The van der Waals surface area contributed by atoms with Gasteiger partial charge in [0, 0.05) is 11.3 Å². The van der Waals surface area contributed by atoms with Gasteiger partial charge < -0.3 is 5.32 Å². The third kappa shape index (κ3) is 2.95. The van der Waals surface area contributed by atoms with Crippen LogP contribution in [0.5, 0.6) is 0 Å². The first-order valence-electron chi connectivity index (χ1n) is 7.05. The Kier molecular flexibility index (Phi) is 3.69. The molecule has 2 aromatic carbocycles. The largest absolute Gasteiger partial charge is 0.374 e. The van der Waals surface area contributed by atoms with Gasteiger partial charge in [-0.3, -0.25) is 4.79 Å². The molecule has 0 fully saturated rings. The number of hydrogen-bond donors (Lipinski definition) is 1. The molecule has 1 heterocycles. The van der Waals surface area contributed by atoms with Crippen molar-refractivity contribution >= 4 is 11.5 Å². The van der Waals surface area contributed by atoms with Crippen LogP contribution in [-0.4, -0.2) is 5.78 Å². The van der Waals surface area contributed by atoms with Crippen molar-refractivity contribution in [3.05, 3.63) is 89.5 Å². The van der Waals surface area contributed by atoms with Gasteiger partial charge in [-0.2, -0.15) is 0 Å². The van der Waals surface area contributed by atoms with E-state index in [0.29, 0.717) is 0 Å². The number of carbonyl (C=O) groups is 1. The van der Waals surface area contributed by atoms with Gasteiger partial charge >= 0.3 is 0 Å². The van der Waals surface area contributed by atoms with Crippen LogP contribution in [0, 0.1) is 0 Å². The molecule has 1 aliphatic heterocycles. The predicted octanol–water partition coefficient (Wildman–Crippen LogP) is 3.89. The maximum absolute atomic E-state index is 11.8. The molecule has 0 saturated heterocycles. The molecule has 0 amide bonds. The van der Waals surface area contributed by atoms with Crippen LogP contribution in [0.3, 0.4) is 0 Å². The minimum absolute atomic E-state index is 0.0188. The Balaban J connectivity index is 2.00. The lowest BCUT2D eigenvalue weighted by Gasteiger charge is -2.24. The highest BCUT2D eigenvalue weighted by molar-refractivity contribution is 5.98. The summed E-state index contributed by atoms with van der Waals surface area (Å²) in [6.07, 6.45) is 3.92. The summed E-state index contributed by atoms with van der Waals surface area (Å²) in [5.41, 5.74) is 3.97. The molecule has 2 aromatic rings. The number of dihydropyridines is 1. The van der Waals surface area contributed by atoms with Crippen LogP contribution in [0.2, 0.25) is 0 Å². The fraction of sp³-hybridized carbons (Fsp3) is 0.105. The minimum atomic E-state index is 0.0188. The number of benzene rings is 2. The lowest BCUT2D eigenvalue weighted by molar-refractivity contribution is -0.113. The van der Waals surface area contributed by atoms with Crippen molar-refractivity contribution in [3.63, 3.8) is 0 Å². The van der Waals surface area contributed by atoms with Crippen molar-refractivity contribution in [1.29, 1.82) is 0 Å². The maximum atomic E-state index is 11.8. The van der Waals surface area contributed by atoms with E-state index in [2.05, 4.69) is 17.4 Å². The molecule has 1 unspecified atom stereocenters. The molecule has 1 N–H and O–H groups in total. The molecule has 0 radical (unpaired) electrons. The Morgan fingerprint density at radius 1 is 0.952 bits per heavy atom. The first-order valence-corrected chi connectivity index (χ1v) is 7.05. The number of rotatable bonds is 3. The normalized spacial score (nSPS) is 17.5. The van der Waals surface area contributed by atoms with Crippen molar-refractivity contribution in [3.8, 4) is 0 Å².